The molecule has 1 amide bonds. The molecule has 2 aliphatic rings. The third-order valence-electron chi connectivity index (χ3n) is 5.68. The second-order valence-electron chi connectivity index (χ2n) is 7.32. The quantitative estimate of drug-likeness (QED) is 0.909. The predicted molar refractivity (Wildman–Crippen MR) is 95.1 cm³/mol. The number of aromatic nitrogens is 2. The fraction of sp³-hybridized carbons (Fsp3) is 0.778. The first-order valence-electron chi connectivity index (χ1n) is 9.35. The molecule has 24 heavy (non-hydrogen) atoms. The molecule has 0 bridgehead atoms. The van der Waals surface area contributed by atoms with E-state index in [-0.39, 0.29) is 5.91 Å². The minimum atomic E-state index is 0.0549. The Bertz CT molecular complexity index is 551. The van der Waals surface area contributed by atoms with Crippen molar-refractivity contribution in [2.45, 2.75) is 45.2 Å². The van der Waals surface area contributed by atoms with Crippen molar-refractivity contribution in [3.63, 3.8) is 0 Å². The second kappa shape index (κ2) is 7.66. The van der Waals surface area contributed by atoms with Crippen LogP contribution in [0.2, 0.25) is 0 Å². The molecule has 0 radical (unpaired) electrons. The summed E-state index contributed by atoms with van der Waals surface area (Å²) in [6.07, 6.45) is 5.30. The number of carbonyl (C=O) groups excluding carboxylic acids is 1. The Labute approximate surface area is 145 Å². The highest BCUT2D eigenvalue weighted by Crippen LogP contribution is 2.23. The van der Waals surface area contributed by atoms with Crippen LogP contribution in [-0.2, 0) is 0 Å². The van der Waals surface area contributed by atoms with Crippen molar-refractivity contribution < 1.29 is 4.79 Å². The van der Waals surface area contributed by atoms with Gasteiger partial charge in [0, 0.05) is 38.9 Å². The summed E-state index contributed by atoms with van der Waals surface area (Å²) in [5.41, 5.74) is 0.577. The maximum Gasteiger partial charge on any atom is 0.274 e. The molecule has 1 aromatic heterocycles. The Morgan fingerprint density at radius 3 is 2.96 bits per heavy atom. The standard InChI is InChI=1S/C18H31N5O/c1-4-22-10-8-17(14(2)13-22)21(3)18(24)16-7-11-23(20-16)15-6-5-9-19-12-15/h7,11,14-15,17,19H,4-6,8-10,12-13H2,1-3H3. The van der Waals surface area contributed by atoms with Gasteiger partial charge in [0.25, 0.3) is 5.91 Å². The van der Waals surface area contributed by atoms with Gasteiger partial charge in [-0.2, -0.15) is 5.10 Å². The summed E-state index contributed by atoms with van der Waals surface area (Å²) in [5, 5.41) is 7.98. The van der Waals surface area contributed by atoms with E-state index in [0.29, 0.717) is 23.7 Å². The van der Waals surface area contributed by atoms with E-state index >= 15 is 0 Å². The molecule has 134 valence electrons. The van der Waals surface area contributed by atoms with Crippen LogP contribution in [0.25, 0.3) is 0 Å². The number of hydrogen-bond donors (Lipinski definition) is 1. The lowest BCUT2D eigenvalue weighted by atomic mass is 9.92. The topological polar surface area (TPSA) is 53.4 Å². The van der Waals surface area contributed by atoms with Crippen molar-refractivity contribution in [3.8, 4) is 0 Å². The van der Waals surface area contributed by atoms with E-state index in [4.69, 9.17) is 0 Å². The molecule has 1 N–H and O–H groups in total. The zero-order valence-electron chi connectivity index (χ0n) is 15.2. The summed E-state index contributed by atoms with van der Waals surface area (Å²) < 4.78 is 1.97. The van der Waals surface area contributed by atoms with Crippen LogP contribution in [-0.4, -0.2) is 71.3 Å². The number of piperidine rings is 2. The first-order chi connectivity index (χ1) is 11.6. The van der Waals surface area contributed by atoms with E-state index in [1.807, 2.05) is 28.9 Å². The first-order valence-corrected chi connectivity index (χ1v) is 9.35. The fourth-order valence-electron chi connectivity index (χ4n) is 4.13. The van der Waals surface area contributed by atoms with Gasteiger partial charge in [-0.25, -0.2) is 0 Å². The molecule has 3 atom stereocenters. The predicted octanol–water partition coefficient (Wildman–Crippen LogP) is 1.61. The molecule has 0 saturated carbocycles. The van der Waals surface area contributed by atoms with E-state index in [1.165, 1.54) is 6.42 Å². The molecule has 6 heteroatoms. The minimum absolute atomic E-state index is 0.0549. The van der Waals surface area contributed by atoms with Crippen molar-refractivity contribution in [3.05, 3.63) is 18.0 Å². The average molecular weight is 333 g/mol. The number of nitrogens with zero attached hydrogens (tertiary/aromatic N) is 4. The van der Waals surface area contributed by atoms with Crippen LogP contribution >= 0.6 is 0 Å². The molecule has 2 fully saturated rings. The van der Waals surface area contributed by atoms with Gasteiger partial charge in [-0.3, -0.25) is 9.48 Å². The SMILES string of the molecule is CCN1CCC(N(C)C(=O)c2ccn(C3CCCNC3)n2)C(C)C1. The summed E-state index contributed by atoms with van der Waals surface area (Å²) in [6.45, 7) is 9.72. The van der Waals surface area contributed by atoms with E-state index in [1.54, 1.807) is 0 Å². The number of likely N-dealkylation sites (tertiary alicyclic amines) is 1. The molecule has 3 heterocycles. The molecule has 1 aromatic rings. The van der Waals surface area contributed by atoms with Crippen LogP contribution in [0.15, 0.2) is 12.3 Å². The lowest BCUT2D eigenvalue weighted by Gasteiger charge is -2.40. The van der Waals surface area contributed by atoms with Gasteiger partial charge in [0.1, 0.15) is 5.69 Å². The largest absolute Gasteiger partial charge is 0.337 e. The van der Waals surface area contributed by atoms with Crippen LogP contribution < -0.4 is 5.32 Å². The van der Waals surface area contributed by atoms with Crippen molar-refractivity contribution in [2.75, 3.05) is 39.8 Å². The Hall–Kier alpha value is -1.40. The summed E-state index contributed by atoms with van der Waals surface area (Å²) in [4.78, 5) is 17.2. The van der Waals surface area contributed by atoms with Crippen LogP contribution in [0.4, 0.5) is 0 Å². The van der Waals surface area contributed by atoms with E-state index in [2.05, 4.69) is 29.2 Å². The average Bonchev–Trinajstić information content (AvgIpc) is 3.11. The summed E-state index contributed by atoms with van der Waals surface area (Å²) in [6, 6.07) is 2.55. The monoisotopic (exact) mass is 333 g/mol. The van der Waals surface area contributed by atoms with Crippen molar-refractivity contribution in [2.24, 2.45) is 5.92 Å². The summed E-state index contributed by atoms with van der Waals surface area (Å²) in [7, 11) is 1.94. The van der Waals surface area contributed by atoms with Gasteiger partial charge in [0.05, 0.1) is 6.04 Å². The molecular formula is C18H31N5O. The molecular weight excluding hydrogens is 302 g/mol. The van der Waals surface area contributed by atoms with Gasteiger partial charge < -0.3 is 15.1 Å². The first kappa shape index (κ1) is 17.4. The molecule has 3 rings (SSSR count). The Kier molecular flexibility index (Phi) is 5.56. The van der Waals surface area contributed by atoms with Crippen LogP contribution in [0.5, 0.6) is 0 Å². The number of rotatable bonds is 4. The van der Waals surface area contributed by atoms with Crippen LogP contribution in [0, 0.1) is 5.92 Å². The number of carbonyl (C=O) groups is 1. The number of amides is 1. The van der Waals surface area contributed by atoms with Crippen molar-refractivity contribution in [1.29, 1.82) is 0 Å². The summed E-state index contributed by atoms with van der Waals surface area (Å²) >= 11 is 0. The smallest absolute Gasteiger partial charge is 0.274 e. The van der Waals surface area contributed by atoms with E-state index in [0.717, 1.165) is 45.6 Å². The minimum Gasteiger partial charge on any atom is -0.337 e. The van der Waals surface area contributed by atoms with Gasteiger partial charge in [-0.1, -0.05) is 13.8 Å². The maximum absolute atomic E-state index is 12.9. The molecule has 6 nitrogen and oxygen atoms in total. The van der Waals surface area contributed by atoms with E-state index in [9.17, 15) is 4.79 Å². The second-order valence-corrected chi connectivity index (χ2v) is 7.32. The number of nitrogens with one attached hydrogen (secondary N) is 1. The maximum atomic E-state index is 12.9. The van der Waals surface area contributed by atoms with Crippen molar-refractivity contribution >= 4 is 5.91 Å². The lowest BCUT2D eigenvalue weighted by molar-refractivity contribution is 0.0514. The molecule has 0 aliphatic carbocycles. The van der Waals surface area contributed by atoms with Gasteiger partial charge in [0.15, 0.2) is 0 Å². The van der Waals surface area contributed by atoms with Gasteiger partial charge in [-0.15, -0.1) is 0 Å². The van der Waals surface area contributed by atoms with Crippen LogP contribution in [0.1, 0.15) is 49.6 Å². The van der Waals surface area contributed by atoms with Gasteiger partial charge in [0.2, 0.25) is 0 Å². The third kappa shape index (κ3) is 3.64. The van der Waals surface area contributed by atoms with Crippen LogP contribution in [0.3, 0.4) is 0 Å². The number of hydrogen-bond acceptors (Lipinski definition) is 4. The Morgan fingerprint density at radius 2 is 2.29 bits per heavy atom. The fourth-order valence-corrected chi connectivity index (χ4v) is 4.13. The normalized spacial score (nSPS) is 28.7. The van der Waals surface area contributed by atoms with Gasteiger partial charge in [-0.05, 0) is 44.3 Å². The Morgan fingerprint density at radius 1 is 1.46 bits per heavy atom. The molecule has 3 unspecified atom stereocenters. The molecule has 0 aromatic carbocycles. The zero-order valence-corrected chi connectivity index (χ0v) is 15.2. The molecule has 2 saturated heterocycles. The molecule has 2 aliphatic heterocycles. The van der Waals surface area contributed by atoms with E-state index < -0.39 is 0 Å². The third-order valence-corrected chi connectivity index (χ3v) is 5.68. The highest BCUT2D eigenvalue weighted by Gasteiger charge is 2.32. The highest BCUT2D eigenvalue weighted by molar-refractivity contribution is 5.92. The van der Waals surface area contributed by atoms with Gasteiger partial charge >= 0.3 is 0 Å². The zero-order chi connectivity index (χ0) is 17.1. The van der Waals surface area contributed by atoms with Crippen molar-refractivity contribution in [1.82, 2.24) is 24.9 Å². The lowest BCUT2D eigenvalue weighted by Crippen LogP contribution is -2.50. The Balaban J connectivity index is 1.64. The molecule has 0 spiro atoms. The summed E-state index contributed by atoms with van der Waals surface area (Å²) in [5.74, 6) is 0.552. The highest BCUT2D eigenvalue weighted by atomic mass is 16.2.